The molecule has 202 valence electrons. The van der Waals surface area contributed by atoms with Gasteiger partial charge in [-0.3, -0.25) is 9.36 Å². The summed E-state index contributed by atoms with van der Waals surface area (Å²) in [5.74, 6) is 0. The van der Waals surface area contributed by atoms with Gasteiger partial charge in [-0.1, -0.05) is 83.3 Å². The SMILES string of the molecule is [Pt+2].[c-]1c(-n2cccn2)cccc1-n1c2[c-]c(-n3cccn3)ccc2c2ccccc2c2ccccc2c2ccccc21. The van der Waals surface area contributed by atoms with E-state index in [4.69, 9.17) is 0 Å². The monoisotopic (exact) mass is 720 g/mol. The number of nitrogens with zero attached hydrogens (tertiary/aromatic N) is 5. The van der Waals surface area contributed by atoms with Gasteiger partial charge in [-0.05, 0) is 45.7 Å². The van der Waals surface area contributed by atoms with Crippen molar-refractivity contribution in [3.8, 4) is 17.1 Å². The van der Waals surface area contributed by atoms with Gasteiger partial charge in [0.1, 0.15) is 0 Å². The van der Waals surface area contributed by atoms with E-state index >= 15 is 0 Å². The Kier molecular flexibility index (Phi) is 6.65. The van der Waals surface area contributed by atoms with Crippen LogP contribution in [0.4, 0.5) is 0 Å². The van der Waals surface area contributed by atoms with Gasteiger partial charge < -0.3 is 4.57 Å². The number of hydrogen-bond donors (Lipinski definition) is 0. The van der Waals surface area contributed by atoms with Crippen molar-refractivity contribution in [1.29, 1.82) is 0 Å². The second kappa shape index (κ2) is 10.8. The van der Waals surface area contributed by atoms with Crippen LogP contribution in [0.1, 0.15) is 0 Å². The molecule has 0 N–H and O–H groups in total. The van der Waals surface area contributed by atoms with Crippen molar-refractivity contribution in [3.05, 3.63) is 152 Å². The van der Waals surface area contributed by atoms with E-state index in [-0.39, 0.29) is 21.1 Å². The Balaban J connectivity index is 0.00000288. The molecular formula is C36H23N5Pt. The van der Waals surface area contributed by atoms with Crippen molar-refractivity contribution in [3.63, 3.8) is 0 Å². The molecule has 0 saturated heterocycles. The van der Waals surface area contributed by atoms with E-state index in [2.05, 4.69) is 124 Å². The van der Waals surface area contributed by atoms with Crippen LogP contribution in [0.15, 0.2) is 140 Å². The van der Waals surface area contributed by atoms with E-state index in [0.717, 1.165) is 44.3 Å². The normalized spacial score (nSPS) is 11.1. The zero-order chi connectivity index (χ0) is 27.2. The van der Waals surface area contributed by atoms with Crippen LogP contribution >= 0.6 is 0 Å². The van der Waals surface area contributed by atoms with Gasteiger partial charge in [0.05, 0.1) is 0 Å². The molecule has 0 aliphatic heterocycles. The standard InChI is InChI=1S/C36H23N5.Pt/c1-3-14-31-29(12-1)30-13-2-4-15-32(30)34-19-18-27(40-23-9-21-38-40)25-36(34)41(35-17-6-5-16-33(31)35)28-11-7-10-26(24-28)39-22-8-20-37-39;/h1-23H;/q-2;+2. The molecule has 6 heteroatoms. The molecule has 0 aliphatic rings. The van der Waals surface area contributed by atoms with E-state index in [0.29, 0.717) is 0 Å². The summed E-state index contributed by atoms with van der Waals surface area (Å²) in [6, 6.07) is 47.5. The molecule has 0 aliphatic carbocycles. The number of rotatable bonds is 3. The fourth-order valence-corrected chi connectivity index (χ4v) is 5.70. The topological polar surface area (TPSA) is 40.6 Å². The molecular weight excluding hydrogens is 698 g/mol. The first-order chi connectivity index (χ1) is 20.3. The minimum atomic E-state index is 0. The van der Waals surface area contributed by atoms with Gasteiger partial charge in [0.25, 0.3) is 0 Å². The van der Waals surface area contributed by atoms with E-state index in [9.17, 15) is 0 Å². The molecule has 3 heterocycles. The van der Waals surface area contributed by atoms with Crippen LogP contribution in [0.5, 0.6) is 0 Å². The van der Waals surface area contributed by atoms with Gasteiger partial charge in [0.15, 0.2) is 0 Å². The fourth-order valence-electron chi connectivity index (χ4n) is 5.70. The minimum absolute atomic E-state index is 0. The Hall–Kier alpha value is -4.99. The molecule has 0 saturated carbocycles. The smallest absolute Gasteiger partial charge is 0.357 e. The molecule has 8 aromatic rings. The second-order valence-corrected chi connectivity index (χ2v) is 9.87. The first kappa shape index (κ1) is 25.9. The molecule has 5 aromatic carbocycles. The summed E-state index contributed by atoms with van der Waals surface area (Å²) in [6.07, 6.45) is 7.45. The first-order valence-electron chi connectivity index (χ1n) is 13.5. The fraction of sp³-hybridized carbons (Fsp3) is 0. The van der Waals surface area contributed by atoms with Crippen LogP contribution in [-0.4, -0.2) is 24.1 Å². The third-order valence-corrected chi connectivity index (χ3v) is 7.51. The average molecular weight is 721 g/mol. The molecule has 0 bridgehead atoms. The second-order valence-electron chi connectivity index (χ2n) is 9.87. The zero-order valence-electron chi connectivity index (χ0n) is 22.3. The molecule has 0 fully saturated rings. The number of aromatic nitrogens is 5. The summed E-state index contributed by atoms with van der Waals surface area (Å²) < 4.78 is 5.95. The van der Waals surface area contributed by atoms with Crippen LogP contribution in [0.3, 0.4) is 0 Å². The van der Waals surface area contributed by atoms with Crippen molar-refractivity contribution in [2.45, 2.75) is 0 Å². The number of benzene rings is 5. The minimum Gasteiger partial charge on any atom is -0.357 e. The van der Waals surface area contributed by atoms with Crippen LogP contribution in [-0.2, 0) is 21.1 Å². The van der Waals surface area contributed by atoms with Gasteiger partial charge in [-0.15, -0.1) is 35.7 Å². The van der Waals surface area contributed by atoms with Crippen LogP contribution in [0, 0.1) is 12.1 Å². The Bertz CT molecular complexity index is 2260. The maximum atomic E-state index is 4.51. The third kappa shape index (κ3) is 4.30. The van der Waals surface area contributed by atoms with Crippen molar-refractivity contribution in [2.75, 3.05) is 0 Å². The maximum absolute atomic E-state index is 4.51. The quantitative estimate of drug-likeness (QED) is 0.173. The summed E-state index contributed by atoms with van der Waals surface area (Å²) >= 11 is 0. The van der Waals surface area contributed by atoms with Gasteiger partial charge in [0.2, 0.25) is 0 Å². The van der Waals surface area contributed by atoms with Crippen LogP contribution < -0.4 is 0 Å². The molecule has 5 nitrogen and oxygen atoms in total. The third-order valence-electron chi connectivity index (χ3n) is 7.51. The van der Waals surface area contributed by atoms with Crippen molar-refractivity contribution >= 4 is 43.4 Å². The van der Waals surface area contributed by atoms with Crippen LogP contribution in [0.2, 0.25) is 0 Å². The summed E-state index contributed by atoms with van der Waals surface area (Å²) in [5.41, 5.74) is 4.55. The largest absolute Gasteiger partial charge is 2.00 e. The number of para-hydroxylation sites is 1. The average Bonchev–Trinajstić information content (AvgIpc) is 3.78. The van der Waals surface area contributed by atoms with E-state index in [1.165, 1.54) is 16.2 Å². The molecule has 8 rings (SSSR count). The molecule has 0 atom stereocenters. The van der Waals surface area contributed by atoms with Crippen LogP contribution in [0.25, 0.3) is 60.4 Å². The van der Waals surface area contributed by atoms with Crippen molar-refractivity contribution in [1.82, 2.24) is 24.1 Å². The van der Waals surface area contributed by atoms with E-state index in [1.54, 1.807) is 12.4 Å². The molecule has 0 unspecified atom stereocenters. The summed E-state index contributed by atoms with van der Waals surface area (Å²) in [4.78, 5) is 0. The zero-order valence-corrected chi connectivity index (χ0v) is 24.6. The molecule has 0 spiro atoms. The van der Waals surface area contributed by atoms with Gasteiger partial charge in [-0.25, -0.2) is 0 Å². The Morgan fingerprint density at radius 2 is 0.952 bits per heavy atom. The van der Waals surface area contributed by atoms with Gasteiger partial charge in [-0.2, -0.15) is 22.3 Å². The Morgan fingerprint density at radius 1 is 0.429 bits per heavy atom. The summed E-state index contributed by atoms with van der Waals surface area (Å²) in [7, 11) is 0. The van der Waals surface area contributed by atoms with Gasteiger partial charge in [0, 0.05) is 35.7 Å². The Morgan fingerprint density at radius 3 is 1.57 bits per heavy atom. The van der Waals surface area contributed by atoms with Crippen molar-refractivity contribution < 1.29 is 21.1 Å². The number of fused-ring (bicyclic) bond motifs is 7. The number of hydrogen-bond acceptors (Lipinski definition) is 2. The van der Waals surface area contributed by atoms with Gasteiger partial charge >= 0.3 is 21.1 Å². The Labute approximate surface area is 256 Å². The first-order valence-corrected chi connectivity index (χ1v) is 13.5. The summed E-state index contributed by atoms with van der Waals surface area (Å²) in [6.45, 7) is 0. The van der Waals surface area contributed by atoms with E-state index in [1.807, 2.05) is 40.0 Å². The predicted molar refractivity (Wildman–Crippen MR) is 165 cm³/mol. The van der Waals surface area contributed by atoms with Crippen molar-refractivity contribution in [2.24, 2.45) is 0 Å². The molecule has 42 heavy (non-hydrogen) atoms. The molecule has 3 aromatic heterocycles. The predicted octanol–water partition coefficient (Wildman–Crippen LogP) is 8.18. The van der Waals surface area contributed by atoms with E-state index < -0.39 is 0 Å². The summed E-state index contributed by atoms with van der Waals surface area (Å²) in [5, 5.41) is 15.8. The maximum Gasteiger partial charge on any atom is 2.00 e. The molecule has 0 amide bonds. The molecule has 0 radical (unpaired) electrons.